The van der Waals surface area contributed by atoms with Gasteiger partial charge < -0.3 is 10.6 Å². The van der Waals surface area contributed by atoms with Gasteiger partial charge in [0.15, 0.2) is 0 Å². The van der Waals surface area contributed by atoms with Gasteiger partial charge >= 0.3 is 0 Å². The van der Waals surface area contributed by atoms with Gasteiger partial charge in [-0.3, -0.25) is 14.6 Å². The standard InChI is InChI=1S/C20H17N3O2/c24-19(16-10-5-2-6-11-16)23-18(15-8-3-1-4-9-15)20(25)22-17-12-7-13-21-14-17/h1-14,18H,(H,22,25)(H,23,24). The van der Waals surface area contributed by atoms with Crippen LogP contribution in [-0.4, -0.2) is 16.8 Å². The van der Waals surface area contributed by atoms with Crippen LogP contribution in [0.2, 0.25) is 0 Å². The first kappa shape index (κ1) is 16.4. The van der Waals surface area contributed by atoms with Crippen LogP contribution < -0.4 is 10.6 Å². The fraction of sp³-hybridized carbons (Fsp3) is 0.0500. The molecule has 0 radical (unpaired) electrons. The highest BCUT2D eigenvalue weighted by molar-refractivity contribution is 6.01. The summed E-state index contributed by atoms with van der Waals surface area (Å²) < 4.78 is 0. The molecule has 0 bridgehead atoms. The molecular formula is C20H17N3O2. The molecule has 0 saturated carbocycles. The van der Waals surface area contributed by atoms with Crippen molar-refractivity contribution in [3.63, 3.8) is 0 Å². The van der Waals surface area contributed by atoms with E-state index >= 15 is 0 Å². The molecule has 1 aromatic heterocycles. The minimum absolute atomic E-state index is 0.309. The predicted octanol–water partition coefficient (Wildman–Crippen LogP) is 3.19. The van der Waals surface area contributed by atoms with E-state index in [2.05, 4.69) is 15.6 Å². The molecule has 0 saturated heterocycles. The fourth-order valence-electron chi connectivity index (χ4n) is 2.40. The van der Waals surface area contributed by atoms with Gasteiger partial charge in [-0.1, -0.05) is 48.5 Å². The van der Waals surface area contributed by atoms with E-state index in [1.807, 2.05) is 24.3 Å². The Kier molecular flexibility index (Phi) is 5.16. The van der Waals surface area contributed by atoms with Crippen LogP contribution in [0.25, 0.3) is 0 Å². The molecule has 5 heteroatoms. The zero-order valence-electron chi connectivity index (χ0n) is 13.4. The average Bonchev–Trinajstić information content (AvgIpc) is 2.68. The van der Waals surface area contributed by atoms with E-state index in [9.17, 15) is 9.59 Å². The highest BCUT2D eigenvalue weighted by Crippen LogP contribution is 2.16. The Hall–Kier alpha value is -3.47. The Bertz CT molecular complexity index is 837. The number of hydrogen-bond acceptors (Lipinski definition) is 3. The van der Waals surface area contributed by atoms with Crippen molar-refractivity contribution >= 4 is 17.5 Å². The van der Waals surface area contributed by atoms with E-state index in [1.165, 1.54) is 0 Å². The van der Waals surface area contributed by atoms with Gasteiger partial charge in [0.25, 0.3) is 11.8 Å². The SMILES string of the molecule is O=C(NC(C(=O)Nc1cccnc1)c1ccccc1)c1ccccc1. The lowest BCUT2D eigenvalue weighted by molar-refractivity contribution is -0.118. The van der Waals surface area contributed by atoms with Gasteiger partial charge in [0.2, 0.25) is 0 Å². The summed E-state index contributed by atoms with van der Waals surface area (Å²) >= 11 is 0. The lowest BCUT2D eigenvalue weighted by Gasteiger charge is -2.19. The first-order valence-electron chi connectivity index (χ1n) is 7.86. The average molecular weight is 331 g/mol. The van der Waals surface area contributed by atoms with Crippen molar-refractivity contribution in [1.29, 1.82) is 0 Å². The van der Waals surface area contributed by atoms with E-state index < -0.39 is 6.04 Å². The van der Waals surface area contributed by atoms with Crippen molar-refractivity contribution in [2.24, 2.45) is 0 Å². The van der Waals surface area contributed by atoms with Crippen LogP contribution in [0.5, 0.6) is 0 Å². The highest BCUT2D eigenvalue weighted by atomic mass is 16.2. The topological polar surface area (TPSA) is 71.1 Å². The number of amides is 2. The van der Waals surface area contributed by atoms with Gasteiger partial charge in [0.1, 0.15) is 6.04 Å². The van der Waals surface area contributed by atoms with Gasteiger partial charge in [-0.05, 0) is 29.8 Å². The Labute approximate surface area is 145 Å². The fourth-order valence-corrected chi connectivity index (χ4v) is 2.40. The van der Waals surface area contributed by atoms with Crippen molar-refractivity contribution in [3.05, 3.63) is 96.3 Å². The largest absolute Gasteiger partial charge is 0.336 e. The summed E-state index contributed by atoms with van der Waals surface area (Å²) in [7, 11) is 0. The van der Waals surface area contributed by atoms with E-state index in [0.29, 0.717) is 16.8 Å². The first-order valence-corrected chi connectivity index (χ1v) is 7.86. The van der Waals surface area contributed by atoms with Crippen molar-refractivity contribution < 1.29 is 9.59 Å². The van der Waals surface area contributed by atoms with Crippen LogP contribution in [0.4, 0.5) is 5.69 Å². The van der Waals surface area contributed by atoms with Crippen molar-refractivity contribution in [2.45, 2.75) is 6.04 Å². The van der Waals surface area contributed by atoms with Crippen LogP contribution >= 0.6 is 0 Å². The number of rotatable bonds is 5. The summed E-state index contributed by atoms with van der Waals surface area (Å²) in [6.07, 6.45) is 3.18. The smallest absolute Gasteiger partial charge is 0.252 e. The summed E-state index contributed by atoms with van der Waals surface area (Å²) in [5.74, 6) is -0.640. The molecule has 3 rings (SSSR count). The first-order chi connectivity index (χ1) is 12.2. The lowest BCUT2D eigenvalue weighted by Crippen LogP contribution is -2.37. The molecule has 2 aromatic carbocycles. The molecule has 2 amide bonds. The van der Waals surface area contributed by atoms with Crippen LogP contribution in [0.15, 0.2) is 85.2 Å². The number of anilines is 1. The van der Waals surface area contributed by atoms with E-state index in [1.54, 1.807) is 60.9 Å². The molecule has 0 aliphatic carbocycles. The minimum atomic E-state index is -0.811. The zero-order valence-corrected chi connectivity index (χ0v) is 13.4. The Morgan fingerprint density at radius 3 is 2.16 bits per heavy atom. The molecule has 1 heterocycles. The van der Waals surface area contributed by atoms with E-state index in [0.717, 1.165) is 0 Å². The highest BCUT2D eigenvalue weighted by Gasteiger charge is 2.23. The monoisotopic (exact) mass is 331 g/mol. The summed E-state index contributed by atoms with van der Waals surface area (Å²) in [4.78, 5) is 29.2. The van der Waals surface area contributed by atoms with E-state index in [4.69, 9.17) is 0 Å². The third kappa shape index (κ3) is 4.29. The molecule has 3 aromatic rings. The van der Waals surface area contributed by atoms with Crippen molar-refractivity contribution in [3.8, 4) is 0 Å². The molecule has 2 N–H and O–H groups in total. The summed E-state index contributed by atoms with van der Waals surface area (Å²) in [6.45, 7) is 0. The number of pyridine rings is 1. The molecule has 0 fully saturated rings. The normalized spacial score (nSPS) is 11.4. The molecule has 25 heavy (non-hydrogen) atoms. The van der Waals surface area contributed by atoms with Gasteiger partial charge in [-0.15, -0.1) is 0 Å². The molecular weight excluding hydrogens is 314 g/mol. The molecule has 124 valence electrons. The van der Waals surface area contributed by atoms with Crippen molar-refractivity contribution in [1.82, 2.24) is 10.3 Å². The molecule has 0 spiro atoms. The predicted molar refractivity (Wildman–Crippen MR) is 96.0 cm³/mol. The van der Waals surface area contributed by atoms with Crippen LogP contribution in [0.3, 0.4) is 0 Å². The van der Waals surface area contributed by atoms with Crippen LogP contribution in [-0.2, 0) is 4.79 Å². The molecule has 1 atom stereocenters. The van der Waals surface area contributed by atoms with Gasteiger partial charge in [0.05, 0.1) is 11.9 Å². The maximum atomic E-state index is 12.7. The van der Waals surface area contributed by atoms with Crippen LogP contribution in [0.1, 0.15) is 22.0 Å². The molecule has 0 aliphatic rings. The maximum Gasteiger partial charge on any atom is 0.252 e. The number of hydrogen-bond donors (Lipinski definition) is 2. The molecule has 1 unspecified atom stereocenters. The number of carbonyl (C=O) groups excluding carboxylic acids is 2. The third-order valence-electron chi connectivity index (χ3n) is 3.64. The Morgan fingerprint density at radius 2 is 1.52 bits per heavy atom. The summed E-state index contributed by atoms with van der Waals surface area (Å²) in [5.41, 5.74) is 1.77. The quantitative estimate of drug-likeness (QED) is 0.754. The summed E-state index contributed by atoms with van der Waals surface area (Å²) in [5, 5.41) is 5.58. The van der Waals surface area contributed by atoms with Crippen molar-refractivity contribution in [2.75, 3.05) is 5.32 Å². The lowest BCUT2D eigenvalue weighted by atomic mass is 10.1. The summed E-state index contributed by atoms with van der Waals surface area (Å²) in [6, 6.07) is 20.6. The second-order valence-corrected chi connectivity index (χ2v) is 5.41. The minimum Gasteiger partial charge on any atom is -0.336 e. The van der Waals surface area contributed by atoms with E-state index in [-0.39, 0.29) is 11.8 Å². The second kappa shape index (κ2) is 7.88. The number of benzene rings is 2. The van der Waals surface area contributed by atoms with Gasteiger partial charge in [0, 0.05) is 11.8 Å². The number of nitrogens with one attached hydrogen (secondary N) is 2. The third-order valence-corrected chi connectivity index (χ3v) is 3.64. The zero-order chi connectivity index (χ0) is 17.5. The second-order valence-electron chi connectivity index (χ2n) is 5.41. The van der Waals surface area contributed by atoms with Gasteiger partial charge in [-0.25, -0.2) is 0 Å². The molecule has 5 nitrogen and oxygen atoms in total. The number of aromatic nitrogens is 1. The Morgan fingerprint density at radius 1 is 0.840 bits per heavy atom. The van der Waals surface area contributed by atoms with Crippen LogP contribution in [0, 0.1) is 0 Å². The number of carbonyl (C=O) groups is 2. The van der Waals surface area contributed by atoms with Gasteiger partial charge in [-0.2, -0.15) is 0 Å². The maximum absolute atomic E-state index is 12.7. The Balaban J connectivity index is 1.83. The molecule has 0 aliphatic heterocycles. The number of nitrogens with zero attached hydrogens (tertiary/aromatic N) is 1.